The minimum absolute atomic E-state index is 0.0313. The van der Waals surface area contributed by atoms with Crippen LogP contribution in [0, 0.1) is 19.7 Å². The number of hydrogen-bond acceptors (Lipinski definition) is 3. The van der Waals surface area contributed by atoms with Gasteiger partial charge in [-0.1, -0.05) is 23.7 Å². The number of carboxylic acid groups (broad SMARTS) is 1. The molecule has 4 rings (SSSR count). The number of halogens is 2. The molecule has 2 N–H and O–H groups in total. The Morgan fingerprint density at radius 2 is 2.00 bits per heavy atom. The molecule has 0 saturated heterocycles. The topological polar surface area (TPSA) is 70.9 Å². The van der Waals surface area contributed by atoms with Crippen LogP contribution in [-0.4, -0.2) is 25.6 Å². The van der Waals surface area contributed by atoms with E-state index in [9.17, 15) is 14.3 Å². The number of benzene rings is 2. The molecule has 4 aromatic rings. The zero-order valence-corrected chi connectivity index (χ0v) is 17.7. The summed E-state index contributed by atoms with van der Waals surface area (Å²) in [6, 6.07) is 13.9. The van der Waals surface area contributed by atoms with E-state index < -0.39 is 11.8 Å². The summed E-state index contributed by atoms with van der Waals surface area (Å²) in [6.45, 7) is 3.77. The maximum absolute atomic E-state index is 13.5. The number of aromatic nitrogens is 3. The Bertz CT molecular complexity index is 1280. The average Bonchev–Trinajstić information content (AvgIpc) is 3.23. The Balaban J connectivity index is 1.72. The van der Waals surface area contributed by atoms with Crippen LogP contribution in [0.5, 0.6) is 0 Å². The van der Waals surface area contributed by atoms with Crippen molar-refractivity contribution in [1.82, 2.24) is 14.5 Å². The van der Waals surface area contributed by atoms with E-state index in [0.29, 0.717) is 10.8 Å². The Kier molecular flexibility index (Phi) is 5.40. The lowest BCUT2D eigenvalue weighted by Gasteiger charge is -2.10. The maximum atomic E-state index is 13.5. The summed E-state index contributed by atoms with van der Waals surface area (Å²) in [6.07, 6.45) is 1.62. The molecule has 0 bridgehead atoms. The smallest absolute Gasteiger partial charge is 0.342 e. The van der Waals surface area contributed by atoms with Gasteiger partial charge in [0.2, 0.25) is 0 Å². The van der Waals surface area contributed by atoms with Gasteiger partial charge >= 0.3 is 5.97 Å². The van der Waals surface area contributed by atoms with E-state index in [-0.39, 0.29) is 9.93 Å². The van der Waals surface area contributed by atoms with Gasteiger partial charge in [0.15, 0.2) is 5.16 Å². The quantitative estimate of drug-likeness (QED) is 0.295. The molecule has 2 aromatic carbocycles. The Morgan fingerprint density at radius 1 is 1.23 bits per heavy atom. The molecule has 0 unspecified atom stereocenters. The summed E-state index contributed by atoms with van der Waals surface area (Å²) in [5, 5.41) is 10.3. The predicted molar refractivity (Wildman–Crippen MR) is 118 cm³/mol. The van der Waals surface area contributed by atoms with Gasteiger partial charge in [0.25, 0.3) is 0 Å². The van der Waals surface area contributed by atoms with Crippen molar-refractivity contribution in [2.75, 3.05) is 0 Å². The van der Waals surface area contributed by atoms with Crippen LogP contribution < -0.4 is 0 Å². The number of imidazole rings is 1. The van der Waals surface area contributed by atoms with Crippen molar-refractivity contribution in [3.05, 3.63) is 81.2 Å². The van der Waals surface area contributed by atoms with Crippen LogP contribution >= 0.6 is 23.4 Å². The largest absolute Gasteiger partial charge is 0.477 e. The lowest BCUT2D eigenvalue weighted by atomic mass is 10.2. The number of para-hydroxylation sites is 2. The number of carboxylic acids is 1. The molecule has 0 aliphatic rings. The van der Waals surface area contributed by atoms with Crippen molar-refractivity contribution in [2.24, 2.45) is 0 Å². The Morgan fingerprint density at radius 3 is 2.70 bits per heavy atom. The monoisotopic (exact) mass is 441 g/mol. The highest BCUT2D eigenvalue weighted by Crippen LogP contribution is 2.31. The fourth-order valence-corrected chi connectivity index (χ4v) is 4.27. The second-order valence-corrected chi connectivity index (χ2v) is 8.17. The first-order valence-electron chi connectivity index (χ1n) is 9.05. The number of rotatable bonds is 5. The van der Waals surface area contributed by atoms with E-state index in [1.165, 1.54) is 6.07 Å². The molecule has 0 saturated carbocycles. The maximum Gasteiger partial charge on any atom is 0.342 e. The summed E-state index contributed by atoms with van der Waals surface area (Å²) in [5.41, 5.74) is 4.76. The van der Waals surface area contributed by atoms with Crippen molar-refractivity contribution in [3.8, 4) is 5.69 Å². The zero-order chi connectivity index (χ0) is 21.4. The second-order valence-electron chi connectivity index (χ2n) is 6.74. The van der Waals surface area contributed by atoms with Crippen LogP contribution in [0.2, 0.25) is 5.02 Å². The van der Waals surface area contributed by atoms with E-state index in [2.05, 4.69) is 9.97 Å². The van der Waals surface area contributed by atoms with Gasteiger partial charge in [-0.05, 0) is 73.6 Å². The highest BCUT2D eigenvalue weighted by Gasteiger charge is 2.16. The highest BCUT2D eigenvalue weighted by atomic mass is 35.5. The van der Waals surface area contributed by atoms with Gasteiger partial charge in [0.1, 0.15) is 10.7 Å². The number of thioether (sulfide) groups is 1. The minimum Gasteiger partial charge on any atom is -0.477 e. The number of aryl methyl sites for hydroxylation is 1. The van der Waals surface area contributed by atoms with Gasteiger partial charge in [-0.2, -0.15) is 0 Å². The van der Waals surface area contributed by atoms with Gasteiger partial charge in [-0.3, -0.25) is 0 Å². The Hall–Kier alpha value is -3.03. The molecule has 152 valence electrons. The first-order chi connectivity index (χ1) is 14.3. The van der Waals surface area contributed by atoms with Crippen LogP contribution in [0.4, 0.5) is 4.39 Å². The third-order valence-electron chi connectivity index (χ3n) is 4.70. The van der Waals surface area contributed by atoms with E-state index in [4.69, 9.17) is 11.6 Å². The summed E-state index contributed by atoms with van der Waals surface area (Å²) in [5.74, 6) is -1.53. The van der Waals surface area contributed by atoms with Crippen LogP contribution in [0.1, 0.15) is 17.0 Å². The second kappa shape index (κ2) is 8.01. The number of fused-ring (bicyclic) bond motifs is 1. The lowest BCUT2D eigenvalue weighted by molar-refractivity contribution is -0.131. The molecule has 8 heteroatoms. The summed E-state index contributed by atoms with van der Waals surface area (Å²) in [7, 11) is 0. The van der Waals surface area contributed by atoms with Crippen molar-refractivity contribution < 1.29 is 14.3 Å². The number of carbonyl (C=O) groups is 1. The molecule has 0 atom stereocenters. The SMILES string of the molecule is Cc1cc(/C=C(\Sc2nc3ccccc3[nH]2)C(=O)O)c(C)n1-c1ccc(F)c(Cl)c1. The molecule has 0 spiro atoms. The number of aliphatic carboxylic acids is 1. The fraction of sp³-hybridized carbons (Fsp3) is 0.0909. The normalized spacial score (nSPS) is 11.9. The fourth-order valence-electron chi connectivity index (χ4n) is 3.31. The average molecular weight is 442 g/mol. The van der Waals surface area contributed by atoms with E-state index in [1.807, 2.05) is 48.7 Å². The standard InChI is InChI=1S/C22H17ClFN3O2S/c1-12-9-14(13(2)27(12)15-7-8-17(24)16(23)11-15)10-20(21(28)29)30-22-25-18-5-3-4-6-19(18)26-22/h3-11H,1-2H3,(H,25,26)(H,28,29)/b20-10-. The molecule has 2 aromatic heterocycles. The number of nitrogens with one attached hydrogen (secondary N) is 1. The lowest BCUT2D eigenvalue weighted by Crippen LogP contribution is -2.00. The molecular formula is C22H17ClFN3O2S. The van der Waals surface area contributed by atoms with E-state index in [0.717, 1.165) is 39.7 Å². The van der Waals surface area contributed by atoms with Gasteiger partial charge in [0.05, 0.1) is 16.1 Å². The number of aromatic amines is 1. The highest BCUT2D eigenvalue weighted by molar-refractivity contribution is 8.04. The van der Waals surface area contributed by atoms with E-state index >= 15 is 0 Å². The van der Waals surface area contributed by atoms with Crippen LogP contribution in [0.3, 0.4) is 0 Å². The van der Waals surface area contributed by atoms with Crippen LogP contribution in [0.15, 0.2) is 58.6 Å². The molecule has 5 nitrogen and oxygen atoms in total. The molecule has 0 aliphatic heterocycles. The van der Waals surface area contributed by atoms with Crippen molar-refractivity contribution in [3.63, 3.8) is 0 Å². The molecule has 2 heterocycles. The van der Waals surface area contributed by atoms with Crippen molar-refractivity contribution in [2.45, 2.75) is 19.0 Å². The molecular weight excluding hydrogens is 425 g/mol. The number of H-pyrrole nitrogens is 1. The van der Waals surface area contributed by atoms with Gasteiger partial charge < -0.3 is 14.7 Å². The third kappa shape index (κ3) is 3.86. The number of hydrogen-bond donors (Lipinski definition) is 2. The third-order valence-corrected chi connectivity index (χ3v) is 5.89. The Labute approximate surface area is 181 Å². The molecule has 30 heavy (non-hydrogen) atoms. The minimum atomic E-state index is -1.05. The molecule has 0 aliphatic carbocycles. The summed E-state index contributed by atoms with van der Waals surface area (Å²) >= 11 is 6.99. The summed E-state index contributed by atoms with van der Waals surface area (Å²) < 4.78 is 15.4. The predicted octanol–water partition coefficient (Wildman–Crippen LogP) is 5.98. The van der Waals surface area contributed by atoms with Crippen molar-refractivity contribution >= 4 is 46.4 Å². The van der Waals surface area contributed by atoms with Crippen molar-refractivity contribution in [1.29, 1.82) is 0 Å². The van der Waals surface area contributed by atoms with Gasteiger partial charge in [-0.15, -0.1) is 0 Å². The first-order valence-corrected chi connectivity index (χ1v) is 10.2. The van der Waals surface area contributed by atoms with Gasteiger partial charge in [0, 0.05) is 17.1 Å². The van der Waals surface area contributed by atoms with E-state index in [1.54, 1.807) is 18.2 Å². The zero-order valence-electron chi connectivity index (χ0n) is 16.1. The summed E-state index contributed by atoms with van der Waals surface area (Å²) in [4.78, 5) is 19.6. The van der Waals surface area contributed by atoms with Gasteiger partial charge in [-0.25, -0.2) is 14.2 Å². The van der Waals surface area contributed by atoms with Crippen LogP contribution in [-0.2, 0) is 4.79 Å². The molecule has 0 fully saturated rings. The molecule has 0 radical (unpaired) electrons. The first kappa shape index (κ1) is 20.3. The number of nitrogens with zero attached hydrogens (tertiary/aromatic N) is 2. The van der Waals surface area contributed by atoms with Crippen LogP contribution in [0.25, 0.3) is 22.8 Å². The molecule has 0 amide bonds.